The van der Waals surface area contributed by atoms with Gasteiger partial charge in [0.2, 0.25) is 15.9 Å². The summed E-state index contributed by atoms with van der Waals surface area (Å²) in [6, 6.07) is 6.33. The molecule has 0 unspecified atom stereocenters. The second-order valence-electron chi connectivity index (χ2n) is 13.5. The fourth-order valence-electron chi connectivity index (χ4n) is 7.44. The summed E-state index contributed by atoms with van der Waals surface area (Å²) in [5, 5.41) is 10.4. The number of nitrogens with one attached hydrogen (secondary N) is 2. The van der Waals surface area contributed by atoms with Crippen molar-refractivity contribution in [3.8, 4) is 5.69 Å². The molecule has 8 rings (SSSR count). The molecule has 2 N–H and O–H groups in total. The van der Waals surface area contributed by atoms with Crippen LogP contribution in [0.3, 0.4) is 0 Å². The molecule has 6 aromatic rings. The van der Waals surface area contributed by atoms with Gasteiger partial charge in [-0.15, -0.1) is 0 Å². The summed E-state index contributed by atoms with van der Waals surface area (Å²) < 4.78 is 117. The summed E-state index contributed by atoms with van der Waals surface area (Å²) in [5.74, 6) is -9.16. The Balaban J connectivity index is 1.32. The molecule has 292 valence electrons. The zero-order valence-electron chi connectivity index (χ0n) is 28.7. The first-order valence-corrected chi connectivity index (χ1v) is 19.2. The van der Waals surface area contributed by atoms with Gasteiger partial charge >= 0.3 is 0 Å². The van der Waals surface area contributed by atoms with Crippen LogP contribution in [0.2, 0.25) is 10.2 Å². The number of nitrogens with zero attached hydrogens (tertiary/aromatic N) is 7. The molecule has 0 saturated heterocycles. The van der Waals surface area contributed by atoms with Gasteiger partial charge in [0.15, 0.2) is 11.5 Å². The number of halogens is 8. The smallest absolute Gasteiger partial charge is 0.293 e. The van der Waals surface area contributed by atoms with Crippen LogP contribution < -0.4 is 15.6 Å². The normalized spacial score (nSPS) is 17.7. The van der Waals surface area contributed by atoms with Crippen LogP contribution in [0.5, 0.6) is 0 Å². The van der Waals surface area contributed by atoms with E-state index in [1.807, 2.05) is 0 Å². The molecule has 13 nitrogen and oxygen atoms in total. The number of alkyl halides is 4. The number of aryl methyl sites for hydroxylation is 1. The van der Waals surface area contributed by atoms with Crippen molar-refractivity contribution in [2.24, 2.45) is 13.0 Å². The predicted octanol–water partition coefficient (Wildman–Crippen LogP) is 6.07. The summed E-state index contributed by atoms with van der Waals surface area (Å²) >= 11 is 12.7. The third-order valence-corrected chi connectivity index (χ3v) is 10.7. The quantitative estimate of drug-likeness (QED) is 0.124. The molecule has 56 heavy (non-hydrogen) atoms. The van der Waals surface area contributed by atoms with Crippen molar-refractivity contribution in [2.45, 2.75) is 43.7 Å². The Morgan fingerprint density at radius 1 is 1.05 bits per heavy atom. The van der Waals surface area contributed by atoms with Gasteiger partial charge in [0, 0.05) is 31.0 Å². The third-order valence-electron chi connectivity index (χ3n) is 9.63. The fourth-order valence-corrected chi connectivity index (χ4v) is 8.32. The number of carbonyl (C=O) groups excluding carboxylic acids is 1. The lowest BCUT2D eigenvalue weighted by Crippen LogP contribution is -2.38. The van der Waals surface area contributed by atoms with E-state index in [4.69, 9.17) is 23.2 Å². The molecule has 4 heterocycles. The lowest BCUT2D eigenvalue weighted by Gasteiger charge is -2.24. The molecule has 1 amide bonds. The first kappa shape index (κ1) is 37.7. The Kier molecular flexibility index (Phi) is 8.88. The summed E-state index contributed by atoms with van der Waals surface area (Å²) in [4.78, 5) is 37.2. The molecule has 0 radical (unpaired) electrons. The maximum absolute atomic E-state index is 15.4. The largest absolute Gasteiger partial charge is 0.344 e. The lowest BCUT2D eigenvalue weighted by molar-refractivity contribution is -0.123. The number of pyridine rings is 1. The number of carbonyl (C=O) groups is 1. The van der Waals surface area contributed by atoms with Crippen molar-refractivity contribution in [1.82, 2.24) is 39.4 Å². The van der Waals surface area contributed by atoms with E-state index in [0.717, 1.165) is 23.0 Å². The average Bonchev–Trinajstić information content (AvgIpc) is 3.63. The highest BCUT2D eigenvalue weighted by Crippen LogP contribution is 2.68. The van der Waals surface area contributed by atoms with Crippen LogP contribution >= 0.6 is 23.2 Å². The third kappa shape index (κ3) is 6.42. The van der Waals surface area contributed by atoms with Gasteiger partial charge in [-0.2, -0.15) is 19.0 Å². The molecule has 0 bridgehead atoms. The molecule has 2 aliphatic carbocycles. The van der Waals surface area contributed by atoms with Crippen LogP contribution in [0.25, 0.3) is 27.6 Å². The van der Waals surface area contributed by atoms with E-state index in [1.165, 1.54) is 36.0 Å². The summed E-state index contributed by atoms with van der Waals surface area (Å²) in [5.41, 5.74) is -2.97. The Morgan fingerprint density at radius 2 is 1.77 bits per heavy atom. The Bertz CT molecular complexity index is 2810. The molecule has 2 aromatic carbocycles. The number of benzene rings is 2. The van der Waals surface area contributed by atoms with Crippen molar-refractivity contribution in [2.75, 3.05) is 11.0 Å². The summed E-state index contributed by atoms with van der Waals surface area (Å²) in [6.45, 7) is -0.993. The minimum absolute atomic E-state index is 0.00641. The zero-order valence-corrected chi connectivity index (χ0v) is 31.0. The molecule has 2 aliphatic rings. The number of sulfonamides is 1. The Morgan fingerprint density at radius 3 is 2.45 bits per heavy atom. The molecule has 1 saturated carbocycles. The Labute approximate surface area is 321 Å². The van der Waals surface area contributed by atoms with Gasteiger partial charge in [-0.3, -0.25) is 28.2 Å². The topological polar surface area (TPSA) is 159 Å². The van der Waals surface area contributed by atoms with E-state index in [-0.39, 0.29) is 67.0 Å². The summed E-state index contributed by atoms with van der Waals surface area (Å²) in [7, 11) is -2.47. The molecule has 3 atom stereocenters. The predicted molar refractivity (Wildman–Crippen MR) is 191 cm³/mol. The highest BCUT2D eigenvalue weighted by Gasteiger charge is 2.67. The van der Waals surface area contributed by atoms with Gasteiger partial charge in [0.25, 0.3) is 17.9 Å². The van der Waals surface area contributed by atoms with Crippen LogP contribution in [0.1, 0.15) is 53.1 Å². The number of anilines is 1. The highest BCUT2D eigenvalue weighted by atomic mass is 35.5. The van der Waals surface area contributed by atoms with E-state index in [1.54, 1.807) is 0 Å². The molecule has 22 heteroatoms. The van der Waals surface area contributed by atoms with Gasteiger partial charge in [-0.05, 0) is 54.3 Å². The standard InChI is InChI=1S/C34H25Cl2F6N9O4S/c1-49-27-21(5-4-19(35)25(27)31(47-49)48-56(2,54)55)51-32(45-30-16(33(51)53)3-6-22(36)44-30)20(9-13-7-14(37)10-15(38)8-13)43-23(52)12-50-28-24(26(46-50)29(39)40)17-11-18(17)34(28,41)42/h3-8,10,17-18,20,29H,9,11-12H2,1-2H3,(H,43,52)(H,47,48)/t17-,18+,20+/m1/s1. The minimum Gasteiger partial charge on any atom is -0.344 e. The molecular weight excluding hydrogens is 815 g/mol. The maximum Gasteiger partial charge on any atom is 0.293 e. The molecule has 1 fully saturated rings. The number of hydrogen-bond acceptors (Lipinski definition) is 8. The van der Waals surface area contributed by atoms with Crippen LogP contribution in [0, 0.1) is 17.6 Å². The minimum atomic E-state index is -3.90. The van der Waals surface area contributed by atoms with Crippen molar-refractivity contribution in [3.63, 3.8) is 0 Å². The monoisotopic (exact) mass is 839 g/mol. The number of amides is 1. The molecular formula is C34H25Cl2F6N9O4S. The second kappa shape index (κ2) is 13.2. The number of fused-ring (bicyclic) bond motifs is 5. The van der Waals surface area contributed by atoms with E-state index < -0.39 is 87.7 Å². The number of hydrogen-bond donors (Lipinski definition) is 2. The SMILES string of the molecule is Cn1nc(NS(C)(=O)=O)c2c(Cl)ccc(-n3c([C@H](Cc4cc(F)cc(F)c4)NC(=O)Cn4nc(C(F)F)c5c4C(F)(F)[C@H]4C[C@@H]54)nc4nc(Cl)ccc4c3=O)c21. The molecule has 0 aliphatic heterocycles. The second-order valence-corrected chi connectivity index (χ2v) is 16.1. The van der Waals surface area contributed by atoms with E-state index >= 15 is 8.78 Å². The summed E-state index contributed by atoms with van der Waals surface area (Å²) in [6.07, 6.45) is -2.81. The van der Waals surface area contributed by atoms with Crippen LogP contribution in [0.4, 0.5) is 32.2 Å². The molecule has 4 aromatic heterocycles. The van der Waals surface area contributed by atoms with Crippen molar-refractivity contribution >= 4 is 66.9 Å². The van der Waals surface area contributed by atoms with Crippen LogP contribution in [0.15, 0.2) is 47.3 Å². The van der Waals surface area contributed by atoms with Crippen LogP contribution in [-0.4, -0.2) is 54.7 Å². The zero-order chi connectivity index (χ0) is 40.2. The van der Waals surface area contributed by atoms with Gasteiger partial charge in [-0.25, -0.2) is 35.9 Å². The van der Waals surface area contributed by atoms with Crippen molar-refractivity contribution < 1.29 is 39.6 Å². The average molecular weight is 841 g/mol. The number of rotatable bonds is 10. The van der Waals surface area contributed by atoms with Gasteiger partial charge < -0.3 is 5.32 Å². The first-order chi connectivity index (χ1) is 26.3. The van der Waals surface area contributed by atoms with E-state index in [2.05, 4.69) is 30.2 Å². The van der Waals surface area contributed by atoms with E-state index in [0.29, 0.717) is 10.7 Å². The van der Waals surface area contributed by atoms with Gasteiger partial charge in [0.1, 0.15) is 40.5 Å². The van der Waals surface area contributed by atoms with Gasteiger partial charge in [-0.1, -0.05) is 23.2 Å². The van der Waals surface area contributed by atoms with Crippen LogP contribution in [-0.2, 0) is 40.8 Å². The Hall–Kier alpha value is -5.21. The number of aromatic nitrogens is 7. The highest BCUT2D eigenvalue weighted by molar-refractivity contribution is 7.92. The first-order valence-electron chi connectivity index (χ1n) is 16.6. The maximum atomic E-state index is 15.4. The van der Waals surface area contributed by atoms with E-state index in [9.17, 15) is 35.6 Å². The lowest BCUT2D eigenvalue weighted by atomic mass is 10.0. The van der Waals surface area contributed by atoms with Gasteiger partial charge in [0.05, 0.1) is 39.3 Å². The fraction of sp³-hybridized carbons (Fsp3) is 0.294. The van der Waals surface area contributed by atoms with Crippen molar-refractivity contribution in [3.05, 3.63) is 103 Å². The van der Waals surface area contributed by atoms with Crippen molar-refractivity contribution in [1.29, 1.82) is 0 Å². The molecule has 0 spiro atoms.